The van der Waals surface area contributed by atoms with Gasteiger partial charge in [0.2, 0.25) is 0 Å². The number of nitro groups is 1. The van der Waals surface area contributed by atoms with E-state index in [1.54, 1.807) is 0 Å². The first-order valence-corrected chi connectivity index (χ1v) is 8.23. The number of methoxy groups -OCH3 is 1. The first-order valence-electron chi connectivity index (χ1n) is 8.23. The van der Waals surface area contributed by atoms with Crippen LogP contribution in [0.5, 0.6) is 11.5 Å². The van der Waals surface area contributed by atoms with Gasteiger partial charge in [-0.15, -0.1) is 0 Å². The Hall–Kier alpha value is -3.09. The molecule has 7 heteroatoms. The van der Waals surface area contributed by atoms with Crippen molar-refractivity contribution in [2.45, 2.75) is 33.3 Å². The van der Waals surface area contributed by atoms with Crippen LogP contribution in [0.4, 0.5) is 11.4 Å². The number of carbonyl (C=O) groups excluding carboxylic acids is 1. The van der Waals surface area contributed by atoms with E-state index in [1.807, 2.05) is 39.0 Å². The molecule has 26 heavy (non-hydrogen) atoms. The van der Waals surface area contributed by atoms with Crippen LogP contribution in [0.3, 0.4) is 0 Å². The first-order chi connectivity index (χ1) is 12.3. The van der Waals surface area contributed by atoms with Crippen molar-refractivity contribution < 1.29 is 19.2 Å². The van der Waals surface area contributed by atoms with Gasteiger partial charge in [-0.2, -0.15) is 0 Å². The van der Waals surface area contributed by atoms with Crippen molar-refractivity contribution in [2.75, 3.05) is 12.4 Å². The van der Waals surface area contributed by atoms with Gasteiger partial charge in [-0.3, -0.25) is 14.9 Å². The summed E-state index contributed by atoms with van der Waals surface area (Å²) in [5, 5.41) is 13.6. The monoisotopic (exact) mass is 358 g/mol. The van der Waals surface area contributed by atoms with Crippen LogP contribution in [0, 0.1) is 24.0 Å². The number of amides is 1. The quantitative estimate of drug-likeness (QED) is 0.596. The number of nitrogens with zero attached hydrogens (tertiary/aromatic N) is 1. The third-order valence-corrected chi connectivity index (χ3v) is 3.93. The molecule has 138 valence electrons. The molecule has 2 aromatic rings. The number of aryl methyl sites for hydroxylation is 2. The summed E-state index contributed by atoms with van der Waals surface area (Å²) in [5.41, 5.74) is 2.05. The normalized spacial score (nSPS) is 11.5. The van der Waals surface area contributed by atoms with Crippen molar-refractivity contribution in [3.63, 3.8) is 0 Å². The number of non-ortho nitro benzene ring substituents is 1. The zero-order valence-corrected chi connectivity index (χ0v) is 15.2. The lowest BCUT2D eigenvalue weighted by molar-refractivity contribution is -0.384. The van der Waals surface area contributed by atoms with E-state index in [0.29, 0.717) is 17.9 Å². The van der Waals surface area contributed by atoms with Gasteiger partial charge in [-0.05, 0) is 43.5 Å². The van der Waals surface area contributed by atoms with Crippen LogP contribution in [0.25, 0.3) is 0 Å². The minimum absolute atomic E-state index is 0.135. The lowest BCUT2D eigenvalue weighted by atomic mass is 10.1. The third kappa shape index (κ3) is 4.50. The predicted molar refractivity (Wildman–Crippen MR) is 98.9 cm³/mol. The second-order valence-corrected chi connectivity index (χ2v) is 5.91. The van der Waals surface area contributed by atoms with Crippen molar-refractivity contribution >= 4 is 17.3 Å². The highest BCUT2D eigenvalue weighted by molar-refractivity contribution is 5.96. The number of nitro benzene ring substituents is 1. The van der Waals surface area contributed by atoms with Crippen LogP contribution in [0.1, 0.15) is 24.5 Å². The third-order valence-electron chi connectivity index (χ3n) is 3.93. The van der Waals surface area contributed by atoms with Crippen molar-refractivity contribution in [1.82, 2.24) is 0 Å². The molecular weight excluding hydrogens is 336 g/mol. The number of nitrogens with one attached hydrogen (secondary N) is 1. The molecule has 0 unspecified atom stereocenters. The van der Waals surface area contributed by atoms with E-state index < -0.39 is 16.9 Å². The minimum Gasteiger partial charge on any atom is -0.495 e. The van der Waals surface area contributed by atoms with Gasteiger partial charge in [-0.25, -0.2) is 0 Å². The summed E-state index contributed by atoms with van der Waals surface area (Å²) in [4.78, 5) is 23.1. The minimum atomic E-state index is -0.737. The molecule has 1 atom stereocenters. The number of benzene rings is 2. The predicted octanol–water partition coefficient (Wildman–Crippen LogP) is 4.02. The first kappa shape index (κ1) is 19.2. The summed E-state index contributed by atoms with van der Waals surface area (Å²) in [6, 6.07) is 9.80. The molecular formula is C19H22N2O5. The molecule has 0 spiro atoms. The Bertz CT molecular complexity index is 820. The molecule has 0 radical (unpaired) electrons. The van der Waals surface area contributed by atoms with Crippen LogP contribution < -0.4 is 14.8 Å². The standard InChI is InChI=1S/C19H22N2O5/c1-5-16(26-18-10-12(2)6-7-13(18)3)19(22)20-15-11-14(21(23)24)8-9-17(15)25-4/h6-11,16H,5H2,1-4H3,(H,20,22)/t16-/m0/s1. The maximum Gasteiger partial charge on any atom is 0.271 e. The fraction of sp³-hybridized carbons (Fsp3) is 0.316. The summed E-state index contributed by atoms with van der Waals surface area (Å²) in [6.45, 7) is 5.68. The van der Waals surface area contributed by atoms with E-state index in [1.165, 1.54) is 25.3 Å². The molecule has 0 saturated carbocycles. The molecule has 0 aromatic heterocycles. The second-order valence-electron chi connectivity index (χ2n) is 5.91. The van der Waals surface area contributed by atoms with Gasteiger partial charge in [-0.1, -0.05) is 19.1 Å². The van der Waals surface area contributed by atoms with Crippen molar-refractivity contribution in [1.29, 1.82) is 0 Å². The summed E-state index contributed by atoms with van der Waals surface area (Å²) < 4.78 is 11.0. The van der Waals surface area contributed by atoms with E-state index in [0.717, 1.165) is 11.1 Å². The molecule has 2 aromatic carbocycles. The smallest absolute Gasteiger partial charge is 0.271 e. The SMILES string of the molecule is CC[C@H](Oc1cc(C)ccc1C)C(=O)Nc1cc([N+](=O)[O-])ccc1OC. The zero-order chi connectivity index (χ0) is 19.3. The zero-order valence-electron chi connectivity index (χ0n) is 15.2. The Kier molecular flexibility index (Phi) is 6.16. The van der Waals surface area contributed by atoms with E-state index in [2.05, 4.69) is 5.32 Å². The second kappa shape index (κ2) is 8.33. The largest absolute Gasteiger partial charge is 0.495 e. The Morgan fingerprint density at radius 3 is 2.54 bits per heavy atom. The number of anilines is 1. The van der Waals surface area contributed by atoms with E-state index >= 15 is 0 Å². The summed E-state index contributed by atoms with van der Waals surface area (Å²) in [5.74, 6) is 0.579. The molecule has 7 nitrogen and oxygen atoms in total. The van der Waals surface area contributed by atoms with Crippen LogP contribution in [-0.2, 0) is 4.79 Å². The fourth-order valence-electron chi connectivity index (χ4n) is 2.43. The van der Waals surface area contributed by atoms with Gasteiger partial charge < -0.3 is 14.8 Å². The Labute approximate surface area is 152 Å². The van der Waals surface area contributed by atoms with Crippen LogP contribution in [0.2, 0.25) is 0 Å². The fourth-order valence-corrected chi connectivity index (χ4v) is 2.43. The average molecular weight is 358 g/mol. The van der Waals surface area contributed by atoms with Crippen LogP contribution >= 0.6 is 0 Å². The van der Waals surface area contributed by atoms with E-state index in [9.17, 15) is 14.9 Å². The van der Waals surface area contributed by atoms with Gasteiger partial charge in [0.1, 0.15) is 11.5 Å². The van der Waals surface area contributed by atoms with Crippen molar-refractivity contribution in [3.8, 4) is 11.5 Å². The highest BCUT2D eigenvalue weighted by Gasteiger charge is 2.22. The number of carbonyl (C=O) groups is 1. The average Bonchev–Trinajstić information content (AvgIpc) is 2.62. The Balaban J connectivity index is 2.22. The molecule has 0 fully saturated rings. The van der Waals surface area contributed by atoms with Gasteiger partial charge in [0, 0.05) is 12.1 Å². The summed E-state index contributed by atoms with van der Waals surface area (Å²) in [7, 11) is 1.43. The molecule has 0 aliphatic heterocycles. The lowest BCUT2D eigenvalue weighted by Gasteiger charge is -2.19. The molecule has 0 aliphatic carbocycles. The van der Waals surface area contributed by atoms with Crippen molar-refractivity contribution in [2.24, 2.45) is 0 Å². The highest BCUT2D eigenvalue weighted by atomic mass is 16.6. The topological polar surface area (TPSA) is 90.7 Å². The van der Waals surface area contributed by atoms with Gasteiger partial charge in [0.15, 0.2) is 6.10 Å². The molecule has 2 rings (SSSR count). The summed E-state index contributed by atoms with van der Waals surface area (Å²) >= 11 is 0. The van der Waals surface area contributed by atoms with E-state index in [4.69, 9.17) is 9.47 Å². The molecule has 0 heterocycles. The molecule has 1 N–H and O–H groups in total. The van der Waals surface area contributed by atoms with Gasteiger partial charge >= 0.3 is 0 Å². The maximum absolute atomic E-state index is 12.6. The number of hydrogen-bond donors (Lipinski definition) is 1. The molecule has 0 aliphatic rings. The Morgan fingerprint density at radius 2 is 1.92 bits per heavy atom. The molecule has 0 saturated heterocycles. The highest BCUT2D eigenvalue weighted by Crippen LogP contribution is 2.29. The lowest BCUT2D eigenvalue weighted by Crippen LogP contribution is -2.32. The summed E-state index contributed by atoms with van der Waals surface area (Å²) in [6.07, 6.45) is -0.296. The van der Waals surface area contributed by atoms with Crippen LogP contribution in [-0.4, -0.2) is 24.0 Å². The number of ether oxygens (including phenoxy) is 2. The maximum atomic E-state index is 12.6. The van der Waals surface area contributed by atoms with Crippen LogP contribution in [0.15, 0.2) is 36.4 Å². The molecule has 1 amide bonds. The number of rotatable bonds is 7. The van der Waals surface area contributed by atoms with Gasteiger partial charge in [0.05, 0.1) is 17.7 Å². The molecule has 0 bridgehead atoms. The van der Waals surface area contributed by atoms with Crippen molar-refractivity contribution in [3.05, 3.63) is 57.6 Å². The number of hydrogen-bond acceptors (Lipinski definition) is 5. The van der Waals surface area contributed by atoms with Gasteiger partial charge in [0.25, 0.3) is 11.6 Å². The van der Waals surface area contributed by atoms with E-state index in [-0.39, 0.29) is 11.4 Å². The Morgan fingerprint density at radius 1 is 1.19 bits per heavy atom.